The van der Waals surface area contributed by atoms with Crippen molar-refractivity contribution in [2.24, 2.45) is 0 Å². The zero-order valence-corrected chi connectivity index (χ0v) is 15.2. The molecule has 1 aromatic carbocycles. The second-order valence-corrected chi connectivity index (χ2v) is 7.49. The largest absolute Gasteiger partial charge is 0.508 e. The first kappa shape index (κ1) is 17.3. The van der Waals surface area contributed by atoms with Gasteiger partial charge >= 0.3 is 0 Å². The number of nitrogens with zero attached hydrogens (tertiary/aromatic N) is 2. The molecule has 0 aliphatic carbocycles. The zero-order chi connectivity index (χ0) is 18.3. The summed E-state index contributed by atoms with van der Waals surface area (Å²) < 4.78 is 7.45. The molecule has 1 aromatic heterocycles. The molecule has 26 heavy (non-hydrogen) atoms. The van der Waals surface area contributed by atoms with Crippen LogP contribution in [0.25, 0.3) is 10.9 Å². The molecule has 0 saturated carbocycles. The van der Waals surface area contributed by atoms with Crippen LogP contribution in [-0.2, 0) is 4.74 Å². The fourth-order valence-corrected chi connectivity index (χ4v) is 4.01. The second-order valence-electron chi connectivity index (χ2n) is 7.49. The molecule has 2 saturated heterocycles. The lowest BCUT2D eigenvalue weighted by atomic mass is 9.92. The number of phenols is 1. The molecule has 140 valence electrons. The molecule has 0 radical (unpaired) electrons. The van der Waals surface area contributed by atoms with Gasteiger partial charge in [0, 0.05) is 29.6 Å². The number of nitrogens with one attached hydrogen (secondary N) is 2. The molecule has 2 bridgehead atoms. The molecule has 3 N–H and O–H groups in total. The van der Waals surface area contributed by atoms with Crippen LogP contribution >= 0.6 is 0 Å². The average Bonchev–Trinajstić information content (AvgIpc) is 2.99. The predicted octanol–water partition coefficient (Wildman–Crippen LogP) is 1.96. The Morgan fingerprint density at radius 1 is 1.42 bits per heavy atom. The summed E-state index contributed by atoms with van der Waals surface area (Å²) in [6.07, 6.45) is 2.63. The van der Waals surface area contributed by atoms with Gasteiger partial charge in [-0.05, 0) is 44.4 Å². The molecule has 0 spiro atoms. The third kappa shape index (κ3) is 3.17. The summed E-state index contributed by atoms with van der Waals surface area (Å²) in [6.45, 7) is 5.56. The second kappa shape index (κ2) is 6.89. The van der Waals surface area contributed by atoms with Crippen molar-refractivity contribution in [1.82, 2.24) is 20.4 Å². The third-order valence-corrected chi connectivity index (χ3v) is 5.50. The number of hydrogen-bond acceptors (Lipinski definition) is 5. The number of morpholine rings is 1. The van der Waals surface area contributed by atoms with Crippen molar-refractivity contribution in [2.45, 2.75) is 57.3 Å². The number of benzene rings is 1. The van der Waals surface area contributed by atoms with Crippen molar-refractivity contribution >= 4 is 16.8 Å². The van der Waals surface area contributed by atoms with Crippen LogP contribution in [0.2, 0.25) is 0 Å². The molecular weight excluding hydrogens is 332 g/mol. The number of ether oxygens (including phenoxy) is 1. The number of phenolic OH excluding ortho intramolecular Hbond substituents is 1. The molecule has 0 unspecified atom stereocenters. The number of hydrogen-bond donors (Lipinski definition) is 3. The van der Waals surface area contributed by atoms with Gasteiger partial charge < -0.3 is 20.5 Å². The predicted molar refractivity (Wildman–Crippen MR) is 98.4 cm³/mol. The lowest BCUT2D eigenvalue weighted by Crippen LogP contribution is -2.58. The van der Waals surface area contributed by atoms with E-state index in [1.54, 1.807) is 12.1 Å². The van der Waals surface area contributed by atoms with Crippen molar-refractivity contribution in [2.75, 3.05) is 13.2 Å². The van der Waals surface area contributed by atoms with E-state index >= 15 is 0 Å². The van der Waals surface area contributed by atoms with Crippen LogP contribution in [0, 0.1) is 0 Å². The van der Waals surface area contributed by atoms with E-state index in [0.29, 0.717) is 36.4 Å². The van der Waals surface area contributed by atoms with Gasteiger partial charge in [-0.15, -0.1) is 0 Å². The molecule has 7 heteroatoms. The molecule has 2 aliphatic heterocycles. The SMILES string of the molecule is CC[C@H](C)n1nc(C(=O)N[C@H]2C[C@H]3COC[C@@H](C2)N3)c2cc(O)ccc21. The number of carbonyl (C=O) groups excluding carboxylic acids is 1. The van der Waals surface area contributed by atoms with Crippen LogP contribution in [-0.4, -0.2) is 52.1 Å². The highest BCUT2D eigenvalue weighted by Crippen LogP contribution is 2.27. The van der Waals surface area contributed by atoms with Gasteiger partial charge in [-0.3, -0.25) is 9.48 Å². The molecular formula is C19H26N4O3. The summed E-state index contributed by atoms with van der Waals surface area (Å²) in [5, 5.41) is 21.9. The lowest BCUT2D eigenvalue weighted by Gasteiger charge is -2.40. The Bertz CT molecular complexity index is 806. The standard InChI is InChI=1S/C19H26N4O3/c1-3-11(2)23-17-5-4-15(24)8-16(17)18(22-23)19(25)21-12-6-13-9-26-10-14(7-12)20-13/h4-5,8,11-14,20,24H,3,6-7,9-10H2,1-2H3,(H,21,25)/t11-,12-,13-,14+/m0/s1. The molecule has 4 rings (SSSR count). The van der Waals surface area contributed by atoms with Gasteiger partial charge in [0.1, 0.15) is 5.75 Å². The minimum absolute atomic E-state index is 0.115. The van der Waals surface area contributed by atoms with E-state index < -0.39 is 0 Å². The Balaban J connectivity index is 1.61. The summed E-state index contributed by atoms with van der Waals surface area (Å²) in [7, 11) is 0. The topological polar surface area (TPSA) is 88.4 Å². The van der Waals surface area contributed by atoms with E-state index in [9.17, 15) is 9.90 Å². The van der Waals surface area contributed by atoms with Crippen LogP contribution in [0.4, 0.5) is 0 Å². The van der Waals surface area contributed by atoms with E-state index in [4.69, 9.17) is 4.74 Å². The third-order valence-electron chi connectivity index (χ3n) is 5.50. The Labute approximate surface area is 152 Å². The first-order valence-corrected chi connectivity index (χ1v) is 9.41. The maximum Gasteiger partial charge on any atom is 0.272 e. The van der Waals surface area contributed by atoms with Gasteiger partial charge in [-0.1, -0.05) is 6.92 Å². The number of carbonyl (C=O) groups is 1. The van der Waals surface area contributed by atoms with Crippen molar-refractivity contribution < 1.29 is 14.6 Å². The highest BCUT2D eigenvalue weighted by atomic mass is 16.5. The van der Waals surface area contributed by atoms with E-state index in [0.717, 1.165) is 24.8 Å². The highest BCUT2D eigenvalue weighted by Gasteiger charge is 2.33. The van der Waals surface area contributed by atoms with E-state index in [1.807, 2.05) is 10.7 Å². The van der Waals surface area contributed by atoms with Gasteiger partial charge in [0.15, 0.2) is 5.69 Å². The maximum absolute atomic E-state index is 13.0. The molecule has 2 aromatic rings. The number of piperidine rings is 1. The zero-order valence-electron chi connectivity index (χ0n) is 15.2. The van der Waals surface area contributed by atoms with Crippen molar-refractivity contribution in [3.8, 4) is 5.75 Å². The normalized spacial score (nSPS) is 26.6. The summed E-state index contributed by atoms with van der Waals surface area (Å²) in [4.78, 5) is 13.0. The highest BCUT2D eigenvalue weighted by molar-refractivity contribution is 6.05. The van der Waals surface area contributed by atoms with E-state index in [2.05, 4.69) is 29.6 Å². The smallest absolute Gasteiger partial charge is 0.272 e. The first-order valence-electron chi connectivity index (χ1n) is 9.41. The quantitative estimate of drug-likeness (QED) is 0.778. The molecule has 2 aliphatic rings. The van der Waals surface area contributed by atoms with Crippen molar-refractivity contribution in [3.05, 3.63) is 23.9 Å². The molecule has 1 amide bonds. The van der Waals surface area contributed by atoms with Crippen molar-refractivity contribution in [1.29, 1.82) is 0 Å². The van der Waals surface area contributed by atoms with Gasteiger partial charge in [0.05, 0.1) is 18.7 Å². The number of fused-ring (bicyclic) bond motifs is 3. The Morgan fingerprint density at radius 3 is 2.85 bits per heavy atom. The minimum atomic E-state index is -0.173. The molecule has 3 heterocycles. The first-order chi connectivity index (χ1) is 12.5. The number of aromatic hydroxyl groups is 1. The van der Waals surface area contributed by atoms with E-state index in [-0.39, 0.29) is 23.7 Å². The summed E-state index contributed by atoms with van der Waals surface area (Å²) in [5.74, 6) is -0.0302. The maximum atomic E-state index is 13.0. The summed E-state index contributed by atoms with van der Waals surface area (Å²) in [6, 6.07) is 5.98. The van der Waals surface area contributed by atoms with Gasteiger partial charge in [-0.2, -0.15) is 5.10 Å². The van der Waals surface area contributed by atoms with Gasteiger partial charge in [0.2, 0.25) is 0 Å². The van der Waals surface area contributed by atoms with E-state index in [1.165, 1.54) is 0 Å². The van der Waals surface area contributed by atoms with Crippen LogP contribution in [0.3, 0.4) is 0 Å². The fourth-order valence-electron chi connectivity index (χ4n) is 4.01. The number of amides is 1. The Morgan fingerprint density at radius 2 is 2.15 bits per heavy atom. The van der Waals surface area contributed by atoms with Crippen LogP contribution in [0.5, 0.6) is 5.75 Å². The minimum Gasteiger partial charge on any atom is -0.508 e. The van der Waals surface area contributed by atoms with Crippen LogP contribution in [0.1, 0.15) is 49.6 Å². The Kier molecular flexibility index (Phi) is 4.58. The molecule has 2 fully saturated rings. The number of rotatable bonds is 4. The van der Waals surface area contributed by atoms with Crippen LogP contribution in [0.15, 0.2) is 18.2 Å². The Hall–Kier alpha value is -2.12. The average molecular weight is 358 g/mol. The lowest BCUT2D eigenvalue weighted by molar-refractivity contribution is 0.0148. The monoisotopic (exact) mass is 358 g/mol. The fraction of sp³-hybridized carbons (Fsp3) is 0.579. The number of aromatic nitrogens is 2. The van der Waals surface area contributed by atoms with Crippen LogP contribution < -0.4 is 10.6 Å². The van der Waals surface area contributed by atoms with Gasteiger partial charge in [0.25, 0.3) is 5.91 Å². The van der Waals surface area contributed by atoms with Gasteiger partial charge in [-0.25, -0.2) is 0 Å². The molecule has 7 nitrogen and oxygen atoms in total. The summed E-state index contributed by atoms with van der Waals surface area (Å²) >= 11 is 0. The summed E-state index contributed by atoms with van der Waals surface area (Å²) in [5.41, 5.74) is 1.26. The molecule has 4 atom stereocenters. The van der Waals surface area contributed by atoms with Crippen molar-refractivity contribution in [3.63, 3.8) is 0 Å².